The van der Waals surface area contributed by atoms with Gasteiger partial charge < -0.3 is 43.4 Å². The van der Waals surface area contributed by atoms with Crippen LogP contribution in [0.25, 0.3) is 0 Å². The zero-order valence-electron chi connectivity index (χ0n) is 24.8. The number of hydrogen-bond donors (Lipinski definition) is 1. The molecule has 2 aromatic rings. The highest BCUT2D eigenvalue weighted by Crippen LogP contribution is 2.44. The van der Waals surface area contributed by atoms with Crippen LogP contribution in [0.2, 0.25) is 0 Å². The molecule has 0 saturated carbocycles. The molecule has 41 heavy (non-hydrogen) atoms. The van der Waals surface area contributed by atoms with E-state index >= 15 is 0 Å². The van der Waals surface area contributed by atoms with Crippen LogP contribution >= 0.6 is 0 Å². The van der Waals surface area contributed by atoms with E-state index in [1.165, 1.54) is 0 Å². The van der Waals surface area contributed by atoms with Crippen LogP contribution in [0, 0.1) is 5.92 Å². The summed E-state index contributed by atoms with van der Waals surface area (Å²) in [6.07, 6.45) is 1.62. The highest BCUT2D eigenvalue weighted by Gasteiger charge is 2.47. The number of rotatable bonds is 13. The van der Waals surface area contributed by atoms with Crippen molar-refractivity contribution in [1.29, 1.82) is 0 Å². The van der Waals surface area contributed by atoms with E-state index in [0.29, 0.717) is 58.7 Å². The summed E-state index contributed by atoms with van der Waals surface area (Å²) < 4.78 is 41.9. The maximum atomic E-state index is 6.69. The molecule has 9 heteroatoms. The Morgan fingerprint density at radius 1 is 0.976 bits per heavy atom. The first-order chi connectivity index (χ1) is 20.1. The molecule has 0 aliphatic carbocycles. The Hall–Kier alpha value is -2.40. The van der Waals surface area contributed by atoms with Gasteiger partial charge in [0.25, 0.3) is 0 Å². The number of fused-ring (bicyclic) bond motifs is 3. The molecule has 226 valence electrons. The van der Waals surface area contributed by atoms with E-state index in [0.717, 1.165) is 73.0 Å². The van der Waals surface area contributed by atoms with Gasteiger partial charge in [-0.25, -0.2) is 0 Å². The smallest absolute Gasteiger partial charge is 0.142 e. The Bertz CT molecular complexity index is 1120. The lowest BCUT2D eigenvalue weighted by atomic mass is 9.81. The Labute approximate surface area is 244 Å². The Kier molecular flexibility index (Phi) is 10.8. The highest BCUT2D eigenvalue weighted by atomic mass is 16.6. The quantitative estimate of drug-likeness (QED) is 0.361. The molecule has 5 rings (SSSR count). The number of nitrogens with one attached hydrogen (secondary N) is 1. The van der Waals surface area contributed by atoms with E-state index in [2.05, 4.69) is 53.5 Å². The molecular weight excluding hydrogens is 524 g/mol. The Morgan fingerprint density at radius 3 is 2.71 bits per heavy atom. The van der Waals surface area contributed by atoms with Gasteiger partial charge in [-0.2, -0.15) is 0 Å². The van der Waals surface area contributed by atoms with Crippen molar-refractivity contribution >= 4 is 5.69 Å². The van der Waals surface area contributed by atoms with Gasteiger partial charge in [-0.3, -0.25) is 0 Å². The van der Waals surface area contributed by atoms with Gasteiger partial charge in [-0.1, -0.05) is 25.1 Å². The second-order valence-corrected chi connectivity index (χ2v) is 11.2. The summed E-state index contributed by atoms with van der Waals surface area (Å²) >= 11 is 0. The summed E-state index contributed by atoms with van der Waals surface area (Å²) in [6, 6.07) is 12.7. The minimum Gasteiger partial charge on any atom is -0.491 e. The molecular formula is C32H46N2O7. The standard InChI is InChI=1S/C32H46N2O7/c1-24(20-36-3)21-37-22-26-5-7-27-30(18-26)39-15-16-41-32(27)9-10-33-19-31(32)40-23-25-6-8-29-28(17-25)34(12-14-38-29)11-4-13-35-2/h5-8,17-18,24,31,33H,4,9-16,19-23H2,1-3H3/t24-,31-,32-/m0/s1. The average Bonchev–Trinajstić information content (AvgIpc) is 3.16. The van der Waals surface area contributed by atoms with Gasteiger partial charge >= 0.3 is 0 Å². The van der Waals surface area contributed by atoms with Gasteiger partial charge in [0.05, 0.1) is 45.3 Å². The van der Waals surface area contributed by atoms with Gasteiger partial charge in [-0.15, -0.1) is 0 Å². The Balaban J connectivity index is 1.29. The number of benzene rings is 2. The predicted octanol–water partition coefficient (Wildman–Crippen LogP) is 3.90. The number of ether oxygens (including phenoxy) is 7. The largest absolute Gasteiger partial charge is 0.491 e. The van der Waals surface area contributed by atoms with Crippen LogP contribution in [0.3, 0.4) is 0 Å². The van der Waals surface area contributed by atoms with Crippen LogP contribution in [0.5, 0.6) is 11.5 Å². The van der Waals surface area contributed by atoms with E-state index in [4.69, 9.17) is 33.2 Å². The zero-order chi connectivity index (χ0) is 28.5. The molecule has 0 aromatic heterocycles. The summed E-state index contributed by atoms with van der Waals surface area (Å²) in [6.45, 7) is 10.3. The fraction of sp³-hybridized carbons (Fsp3) is 0.625. The zero-order valence-corrected chi connectivity index (χ0v) is 24.8. The lowest BCUT2D eigenvalue weighted by Crippen LogP contribution is -2.54. The average molecular weight is 571 g/mol. The third-order valence-corrected chi connectivity index (χ3v) is 8.06. The molecule has 3 aliphatic rings. The van der Waals surface area contributed by atoms with Crippen molar-refractivity contribution in [2.24, 2.45) is 5.92 Å². The molecule has 3 aliphatic heterocycles. The number of anilines is 1. The third kappa shape index (κ3) is 7.34. The SMILES string of the molecule is COCCCN1CCOc2ccc(CO[C@H]3CNCC[C@@]34OCCOc3cc(COC[C@@H](C)COC)ccc34)cc21. The lowest BCUT2D eigenvalue weighted by molar-refractivity contribution is -0.168. The van der Waals surface area contributed by atoms with Crippen LogP contribution in [-0.4, -0.2) is 86.1 Å². The fourth-order valence-electron chi connectivity index (χ4n) is 6.03. The van der Waals surface area contributed by atoms with E-state index in [1.807, 2.05) is 0 Å². The van der Waals surface area contributed by atoms with Gasteiger partial charge in [0, 0.05) is 45.4 Å². The molecule has 1 N–H and O–H groups in total. The van der Waals surface area contributed by atoms with Crippen LogP contribution in [0.1, 0.15) is 36.5 Å². The van der Waals surface area contributed by atoms with Gasteiger partial charge in [0.15, 0.2) is 0 Å². The Morgan fingerprint density at radius 2 is 1.83 bits per heavy atom. The van der Waals surface area contributed by atoms with Crippen molar-refractivity contribution in [3.63, 3.8) is 0 Å². The fourth-order valence-corrected chi connectivity index (χ4v) is 6.03. The van der Waals surface area contributed by atoms with Crippen molar-refractivity contribution in [3.8, 4) is 11.5 Å². The minimum atomic E-state index is -0.576. The third-order valence-electron chi connectivity index (χ3n) is 8.06. The van der Waals surface area contributed by atoms with Crippen LogP contribution in [0.4, 0.5) is 5.69 Å². The van der Waals surface area contributed by atoms with E-state index in [9.17, 15) is 0 Å². The first kappa shape index (κ1) is 30.1. The van der Waals surface area contributed by atoms with Crippen LogP contribution in [-0.2, 0) is 42.5 Å². The first-order valence-corrected chi connectivity index (χ1v) is 14.9. The van der Waals surface area contributed by atoms with Crippen LogP contribution < -0.4 is 19.7 Å². The van der Waals surface area contributed by atoms with Gasteiger partial charge in [0.2, 0.25) is 0 Å². The van der Waals surface area contributed by atoms with Crippen molar-refractivity contribution in [3.05, 3.63) is 53.1 Å². The van der Waals surface area contributed by atoms with E-state index in [1.54, 1.807) is 14.2 Å². The van der Waals surface area contributed by atoms with E-state index < -0.39 is 5.60 Å². The molecule has 3 heterocycles. The topological polar surface area (TPSA) is 79.9 Å². The minimum absolute atomic E-state index is 0.168. The normalized spacial score (nSPS) is 22.8. The second kappa shape index (κ2) is 14.7. The van der Waals surface area contributed by atoms with Crippen molar-refractivity contribution in [2.75, 3.05) is 84.9 Å². The summed E-state index contributed by atoms with van der Waals surface area (Å²) in [5, 5.41) is 3.52. The molecule has 1 spiro atoms. The van der Waals surface area contributed by atoms with Crippen molar-refractivity contribution in [1.82, 2.24) is 5.32 Å². The van der Waals surface area contributed by atoms with Gasteiger partial charge in [-0.05, 0) is 48.7 Å². The number of piperidine rings is 1. The predicted molar refractivity (Wildman–Crippen MR) is 157 cm³/mol. The molecule has 1 fully saturated rings. The maximum Gasteiger partial charge on any atom is 0.142 e. The maximum absolute atomic E-state index is 6.69. The molecule has 0 bridgehead atoms. The number of methoxy groups -OCH3 is 2. The monoisotopic (exact) mass is 570 g/mol. The molecule has 2 aromatic carbocycles. The van der Waals surface area contributed by atoms with E-state index in [-0.39, 0.29) is 6.10 Å². The summed E-state index contributed by atoms with van der Waals surface area (Å²) in [5.41, 5.74) is 3.81. The molecule has 0 amide bonds. The molecule has 3 atom stereocenters. The molecule has 0 radical (unpaired) electrons. The van der Waals surface area contributed by atoms with Crippen LogP contribution in [0.15, 0.2) is 36.4 Å². The lowest BCUT2D eigenvalue weighted by Gasteiger charge is -2.43. The molecule has 1 saturated heterocycles. The molecule has 0 unspecified atom stereocenters. The van der Waals surface area contributed by atoms with Crippen molar-refractivity contribution in [2.45, 2.75) is 44.7 Å². The van der Waals surface area contributed by atoms with Crippen molar-refractivity contribution < 1.29 is 33.2 Å². The second-order valence-electron chi connectivity index (χ2n) is 11.2. The molecule has 9 nitrogen and oxygen atoms in total. The highest BCUT2D eigenvalue weighted by molar-refractivity contribution is 5.61. The summed E-state index contributed by atoms with van der Waals surface area (Å²) in [7, 11) is 3.47. The van der Waals surface area contributed by atoms with Gasteiger partial charge in [0.1, 0.15) is 36.4 Å². The summed E-state index contributed by atoms with van der Waals surface area (Å²) in [5.74, 6) is 2.14. The first-order valence-electron chi connectivity index (χ1n) is 14.9. The summed E-state index contributed by atoms with van der Waals surface area (Å²) in [4.78, 5) is 2.38. The number of hydrogen-bond acceptors (Lipinski definition) is 9. The number of nitrogens with zero attached hydrogens (tertiary/aromatic N) is 1.